The van der Waals surface area contributed by atoms with Gasteiger partial charge >= 0.3 is 23.9 Å². The third-order valence-corrected chi connectivity index (χ3v) is 5.14. The number of hydrogen-bond donors (Lipinski definition) is 4. The standard InChI is InChI=1S/C14H26O4.C10H18O4/c1-11(2)8-6-4-3-5-7-9-12(14(17)18)10-13(15)16;11-9(12)7-5-3-1-2-4-6-8-10(13)14/h11-12H,3-10H2,1-2H3,(H,15,16)(H,17,18);1-8H2,(H,11,12)(H,13,14). The Morgan fingerprint density at radius 2 is 0.906 bits per heavy atom. The van der Waals surface area contributed by atoms with Crippen molar-refractivity contribution < 1.29 is 39.6 Å². The third kappa shape index (κ3) is 27.9. The van der Waals surface area contributed by atoms with E-state index in [2.05, 4.69) is 13.8 Å². The van der Waals surface area contributed by atoms with Crippen LogP contribution >= 0.6 is 0 Å². The van der Waals surface area contributed by atoms with Gasteiger partial charge in [0.25, 0.3) is 0 Å². The molecule has 0 rings (SSSR count). The highest BCUT2D eigenvalue weighted by Crippen LogP contribution is 2.16. The van der Waals surface area contributed by atoms with Crippen molar-refractivity contribution in [2.45, 2.75) is 117 Å². The van der Waals surface area contributed by atoms with Crippen molar-refractivity contribution in [1.82, 2.24) is 0 Å². The number of aliphatic carboxylic acids is 4. The van der Waals surface area contributed by atoms with E-state index in [-0.39, 0.29) is 19.3 Å². The molecule has 0 radical (unpaired) electrons. The molecular formula is C24H44O8. The number of carbonyl (C=O) groups is 4. The summed E-state index contributed by atoms with van der Waals surface area (Å²) in [7, 11) is 0. The van der Waals surface area contributed by atoms with E-state index in [9.17, 15) is 19.2 Å². The molecule has 0 aromatic heterocycles. The molecule has 188 valence electrons. The molecule has 0 aliphatic heterocycles. The molecule has 0 bridgehead atoms. The lowest BCUT2D eigenvalue weighted by Gasteiger charge is -2.09. The average Bonchev–Trinajstić information content (AvgIpc) is 2.67. The van der Waals surface area contributed by atoms with E-state index in [4.69, 9.17) is 20.4 Å². The number of hydrogen-bond acceptors (Lipinski definition) is 4. The van der Waals surface area contributed by atoms with E-state index in [1.54, 1.807) is 0 Å². The summed E-state index contributed by atoms with van der Waals surface area (Å²) in [4.78, 5) is 41.6. The van der Waals surface area contributed by atoms with E-state index in [0.29, 0.717) is 6.42 Å². The molecule has 1 unspecified atom stereocenters. The zero-order chi connectivity index (χ0) is 24.8. The average molecular weight is 461 g/mol. The van der Waals surface area contributed by atoms with Crippen LogP contribution in [0.1, 0.15) is 117 Å². The molecule has 1 atom stereocenters. The van der Waals surface area contributed by atoms with Gasteiger partial charge in [-0.25, -0.2) is 0 Å². The van der Waals surface area contributed by atoms with Crippen molar-refractivity contribution in [2.75, 3.05) is 0 Å². The molecule has 0 amide bonds. The maximum Gasteiger partial charge on any atom is 0.307 e. The van der Waals surface area contributed by atoms with E-state index in [1.165, 1.54) is 19.3 Å². The Hall–Kier alpha value is -2.12. The van der Waals surface area contributed by atoms with Gasteiger partial charge in [0.05, 0.1) is 12.3 Å². The quantitative estimate of drug-likeness (QED) is 0.166. The predicted molar refractivity (Wildman–Crippen MR) is 123 cm³/mol. The SMILES string of the molecule is CC(C)CCCCCCCC(CC(=O)O)C(=O)O.O=C(O)CCCCCCCCC(=O)O. The minimum atomic E-state index is -1.03. The van der Waals surface area contributed by atoms with Crippen LogP contribution in [-0.4, -0.2) is 44.3 Å². The molecule has 0 spiro atoms. The van der Waals surface area contributed by atoms with E-state index >= 15 is 0 Å². The lowest BCUT2D eigenvalue weighted by molar-refractivity contribution is -0.148. The molecule has 0 aliphatic carbocycles. The minimum Gasteiger partial charge on any atom is -0.481 e. The first kappa shape index (κ1) is 32.1. The van der Waals surface area contributed by atoms with Gasteiger partial charge in [0.15, 0.2) is 0 Å². The van der Waals surface area contributed by atoms with Gasteiger partial charge in [0, 0.05) is 12.8 Å². The largest absolute Gasteiger partial charge is 0.481 e. The Morgan fingerprint density at radius 3 is 1.25 bits per heavy atom. The molecule has 8 heteroatoms. The molecule has 0 fully saturated rings. The maximum atomic E-state index is 10.8. The molecule has 32 heavy (non-hydrogen) atoms. The predicted octanol–water partition coefficient (Wildman–Crippen LogP) is 5.83. The first-order valence-corrected chi connectivity index (χ1v) is 11.9. The van der Waals surface area contributed by atoms with E-state index in [1.807, 2.05) is 0 Å². The first-order chi connectivity index (χ1) is 15.1. The van der Waals surface area contributed by atoms with Gasteiger partial charge in [-0.05, 0) is 25.2 Å². The summed E-state index contributed by atoms with van der Waals surface area (Å²) in [6.07, 6.45) is 12.6. The van der Waals surface area contributed by atoms with Gasteiger partial charge in [0.1, 0.15) is 0 Å². The molecule has 0 heterocycles. The molecule has 8 nitrogen and oxygen atoms in total. The van der Waals surface area contributed by atoms with Gasteiger partial charge in [0.2, 0.25) is 0 Å². The first-order valence-electron chi connectivity index (χ1n) is 11.9. The molecular weight excluding hydrogens is 416 g/mol. The smallest absolute Gasteiger partial charge is 0.307 e. The van der Waals surface area contributed by atoms with Gasteiger partial charge < -0.3 is 20.4 Å². The van der Waals surface area contributed by atoms with Gasteiger partial charge in [-0.2, -0.15) is 0 Å². The Balaban J connectivity index is 0. The summed E-state index contributed by atoms with van der Waals surface area (Å²) >= 11 is 0. The highest BCUT2D eigenvalue weighted by Gasteiger charge is 2.20. The van der Waals surface area contributed by atoms with Crippen molar-refractivity contribution in [3.05, 3.63) is 0 Å². The summed E-state index contributed by atoms with van der Waals surface area (Å²) in [5, 5.41) is 34.2. The fourth-order valence-electron chi connectivity index (χ4n) is 3.26. The zero-order valence-corrected chi connectivity index (χ0v) is 19.9. The molecule has 0 saturated heterocycles. The van der Waals surface area contributed by atoms with Crippen molar-refractivity contribution in [1.29, 1.82) is 0 Å². The highest BCUT2D eigenvalue weighted by atomic mass is 16.4. The molecule has 0 aliphatic rings. The topological polar surface area (TPSA) is 149 Å². The number of unbranched alkanes of at least 4 members (excludes halogenated alkanes) is 9. The fourth-order valence-corrected chi connectivity index (χ4v) is 3.26. The molecule has 0 saturated carbocycles. The van der Waals surface area contributed by atoms with Crippen molar-refractivity contribution >= 4 is 23.9 Å². The molecule has 4 N–H and O–H groups in total. The lowest BCUT2D eigenvalue weighted by atomic mass is 9.97. The molecule has 0 aromatic carbocycles. The summed E-state index contributed by atoms with van der Waals surface area (Å²) < 4.78 is 0. The van der Waals surface area contributed by atoms with Crippen LogP contribution in [0.4, 0.5) is 0 Å². The Labute approximate surface area is 192 Å². The van der Waals surface area contributed by atoms with Crippen LogP contribution in [-0.2, 0) is 19.2 Å². The van der Waals surface area contributed by atoms with Crippen molar-refractivity contribution in [3.8, 4) is 0 Å². The van der Waals surface area contributed by atoms with Gasteiger partial charge in [-0.15, -0.1) is 0 Å². The number of carboxylic acids is 4. The van der Waals surface area contributed by atoms with E-state index < -0.39 is 29.8 Å². The summed E-state index contributed by atoms with van der Waals surface area (Å²) in [5.41, 5.74) is 0. The Bertz CT molecular complexity index is 496. The second-order valence-electron chi connectivity index (χ2n) is 8.78. The van der Waals surface area contributed by atoms with Crippen LogP contribution in [0.2, 0.25) is 0 Å². The van der Waals surface area contributed by atoms with Gasteiger partial charge in [-0.1, -0.05) is 78.1 Å². The lowest BCUT2D eigenvalue weighted by Crippen LogP contribution is -2.17. The minimum absolute atomic E-state index is 0.245. The van der Waals surface area contributed by atoms with Crippen molar-refractivity contribution in [2.24, 2.45) is 11.8 Å². The number of carboxylic acid groups (broad SMARTS) is 4. The van der Waals surface area contributed by atoms with Crippen LogP contribution < -0.4 is 0 Å². The van der Waals surface area contributed by atoms with Crippen LogP contribution in [0.25, 0.3) is 0 Å². The van der Waals surface area contributed by atoms with Crippen molar-refractivity contribution in [3.63, 3.8) is 0 Å². The zero-order valence-electron chi connectivity index (χ0n) is 19.9. The highest BCUT2D eigenvalue weighted by molar-refractivity contribution is 5.77. The van der Waals surface area contributed by atoms with E-state index in [0.717, 1.165) is 63.7 Å². The normalized spacial score (nSPS) is 11.5. The molecule has 0 aromatic rings. The van der Waals surface area contributed by atoms with Crippen LogP contribution in [0, 0.1) is 11.8 Å². The summed E-state index contributed by atoms with van der Waals surface area (Å²) in [6.45, 7) is 4.42. The van der Waals surface area contributed by atoms with Crippen LogP contribution in [0.3, 0.4) is 0 Å². The monoisotopic (exact) mass is 460 g/mol. The van der Waals surface area contributed by atoms with Crippen LogP contribution in [0.15, 0.2) is 0 Å². The maximum absolute atomic E-state index is 10.8. The Morgan fingerprint density at radius 1 is 0.531 bits per heavy atom. The Kier molecular flexibility index (Phi) is 22.1. The van der Waals surface area contributed by atoms with Gasteiger partial charge in [-0.3, -0.25) is 19.2 Å². The summed E-state index contributed by atoms with van der Waals surface area (Å²) in [5.74, 6) is -3.47. The second kappa shape index (κ2) is 22.1. The third-order valence-electron chi connectivity index (χ3n) is 5.14. The number of rotatable bonds is 20. The fraction of sp³-hybridized carbons (Fsp3) is 0.833. The second-order valence-corrected chi connectivity index (χ2v) is 8.78. The summed E-state index contributed by atoms with van der Waals surface area (Å²) in [6, 6.07) is 0. The van der Waals surface area contributed by atoms with Crippen LogP contribution in [0.5, 0.6) is 0 Å².